The van der Waals surface area contributed by atoms with Crippen LogP contribution in [-0.4, -0.2) is 19.4 Å². The Morgan fingerprint density at radius 2 is 1.96 bits per heavy atom. The maximum Gasteiger partial charge on any atom is 0.271 e. The van der Waals surface area contributed by atoms with Crippen LogP contribution in [-0.2, 0) is 16.6 Å². The third-order valence-electron chi connectivity index (χ3n) is 3.63. The zero-order chi connectivity index (χ0) is 18.7. The molecule has 0 aliphatic heterocycles. The van der Waals surface area contributed by atoms with Crippen molar-refractivity contribution >= 4 is 44.3 Å². The largest absolute Gasteiger partial charge is 0.507 e. The standard InChI is InChI=1S/C17H16N2O4S3/c1-11-6-8-24-15(11)10-18-17(21)13-5-4-12(9-14(13)20)19-26(22,23)16-3-2-7-25-16/h2-9,19-20H,10H2,1H3,(H,18,21). The van der Waals surface area contributed by atoms with Gasteiger partial charge in [0.05, 0.1) is 17.8 Å². The molecule has 0 bridgehead atoms. The first-order valence-corrected chi connectivity index (χ1v) is 10.8. The molecule has 0 radical (unpaired) electrons. The minimum atomic E-state index is -3.71. The number of hydrogen-bond donors (Lipinski definition) is 3. The normalized spacial score (nSPS) is 11.3. The van der Waals surface area contributed by atoms with Crippen molar-refractivity contribution in [2.45, 2.75) is 17.7 Å². The molecule has 3 rings (SSSR count). The number of phenolic OH excluding ortho intramolecular Hbond substituents is 1. The molecule has 136 valence electrons. The van der Waals surface area contributed by atoms with Crippen molar-refractivity contribution in [2.75, 3.05) is 4.72 Å². The molecule has 0 saturated carbocycles. The molecule has 6 nitrogen and oxygen atoms in total. The predicted octanol–water partition coefficient (Wildman–Crippen LogP) is 3.55. The molecule has 1 amide bonds. The summed E-state index contributed by atoms with van der Waals surface area (Å²) in [5, 5.41) is 16.5. The topological polar surface area (TPSA) is 95.5 Å². The number of phenols is 1. The molecule has 0 fully saturated rings. The van der Waals surface area contributed by atoms with Gasteiger partial charge >= 0.3 is 0 Å². The highest BCUT2D eigenvalue weighted by molar-refractivity contribution is 7.94. The van der Waals surface area contributed by atoms with E-state index < -0.39 is 15.9 Å². The quantitative estimate of drug-likeness (QED) is 0.581. The summed E-state index contributed by atoms with van der Waals surface area (Å²) in [5.41, 5.74) is 1.36. The Labute approximate surface area is 159 Å². The number of sulfonamides is 1. The van der Waals surface area contributed by atoms with E-state index in [9.17, 15) is 18.3 Å². The number of carbonyl (C=O) groups excluding carboxylic acids is 1. The minimum absolute atomic E-state index is 0.0817. The van der Waals surface area contributed by atoms with Crippen LogP contribution in [0.5, 0.6) is 5.75 Å². The minimum Gasteiger partial charge on any atom is -0.507 e. The van der Waals surface area contributed by atoms with E-state index in [4.69, 9.17) is 0 Å². The lowest BCUT2D eigenvalue weighted by Gasteiger charge is -2.10. The maximum absolute atomic E-state index is 12.3. The van der Waals surface area contributed by atoms with Crippen molar-refractivity contribution in [3.63, 3.8) is 0 Å². The van der Waals surface area contributed by atoms with Crippen LogP contribution in [0.2, 0.25) is 0 Å². The number of hydrogen-bond acceptors (Lipinski definition) is 6. The molecule has 0 aliphatic carbocycles. The van der Waals surface area contributed by atoms with Gasteiger partial charge in [0.25, 0.3) is 15.9 Å². The molecule has 26 heavy (non-hydrogen) atoms. The highest BCUT2D eigenvalue weighted by Crippen LogP contribution is 2.25. The number of carbonyl (C=O) groups is 1. The highest BCUT2D eigenvalue weighted by atomic mass is 32.2. The number of anilines is 1. The average molecular weight is 409 g/mol. The molecular weight excluding hydrogens is 392 g/mol. The van der Waals surface area contributed by atoms with Crippen molar-refractivity contribution in [3.8, 4) is 5.75 Å². The average Bonchev–Trinajstić information content (AvgIpc) is 3.24. The third-order valence-corrected chi connectivity index (χ3v) is 7.43. The van der Waals surface area contributed by atoms with E-state index in [-0.39, 0.29) is 21.2 Å². The van der Waals surface area contributed by atoms with Gasteiger partial charge in [-0.15, -0.1) is 22.7 Å². The van der Waals surface area contributed by atoms with Gasteiger partial charge in [-0.2, -0.15) is 0 Å². The first kappa shape index (κ1) is 18.4. The molecular formula is C17H16N2O4S3. The second kappa shape index (κ2) is 7.48. The second-order valence-corrected chi connectivity index (χ2v) is 9.34. The molecule has 3 aromatic rings. The summed E-state index contributed by atoms with van der Waals surface area (Å²) in [6.45, 7) is 2.33. The summed E-state index contributed by atoms with van der Waals surface area (Å²) in [4.78, 5) is 13.3. The van der Waals surface area contributed by atoms with Gasteiger partial charge in [-0.1, -0.05) is 6.07 Å². The van der Waals surface area contributed by atoms with E-state index in [0.717, 1.165) is 21.8 Å². The molecule has 0 saturated heterocycles. The molecule has 9 heteroatoms. The van der Waals surface area contributed by atoms with Gasteiger partial charge in [-0.25, -0.2) is 8.42 Å². The number of aromatic hydroxyl groups is 1. The predicted molar refractivity (Wildman–Crippen MR) is 103 cm³/mol. The van der Waals surface area contributed by atoms with Gasteiger partial charge in [-0.3, -0.25) is 9.52 Å². The zero-order valence-corrected chi connectivity index (χ0v) is 16.2. The number of thiophene rings is 2. The lowest BCUT2D eigenvalue weighted by atomic mass is 10.1. The van der Waals surface area contributed by atoms with Gasteiger partial charge in [-0.05, 0) is 47.5 Å². The van der Waals surface area contributed by atoms with Crippen molar-refractivity contribution < 1.29 is 18.3 Å². The van der Waals surface area contributed by atoms with Crippen LogP contribution in [0.25, 0.3) is 0 Å². The summed E-state index contributed by atoms with van der Waals surface area (Å²) >= 11 is 2.64. The Bertz CT molecular complexity index is 1020. The van der Waals surface area contributed by atoms with Crippen LogP contribution in [0, 0.1) is 6.92 Å². The number of benzene rings is 1. The van der Waals surface area contributed by atoms with Gasteiger partial charge in [0.1, 0.15) is 9.96 Å². The van der Waals surface area contributed by atoms with Crippen LogP contribution >= 0.6 is 22.7 Å². The molecule has 2 heterocycles. The zero-order valence-electron chi connectivity index (χ0n) is 13.7. The number of aryl methyl sites for hydroxylation is 1. The summed E-state index contributed by atoms with van der Waals surface area (Å²) < 4.78 is 26.9. The third kappa shape index (κ3) is 4.06. The summed E-state index contributed by atoms with van der Waals surface area (Å²) in [5.74, 6) is -0.722. The van der Waals surface area contributed by atoms with E-state index in [0.29, 0.717) is 6.54 Å². The number of nitrogens with one attached hydrogen (secondary N) is 2. The van der Waals surface area contributed by atoms with Crippen LogP contribution in [0.4, 0.5) is 5.69 Å². The van der Waals surface area contributed by atoms with Crippen LogP contribution < -0.4 is 10.0 Å². The maximum atomic E-state index is 12.3. The van der Waals surface area contributed by atoms with E-state index in [2.05, 4.69) is 10.0 Å². The molecule has 2 aromatic heterocycles. The Morgan fingerprint density at radius 3 is 2.58 bits per heavy atom. The van der Waals surface area contributed by atoms with Crippen LogP contribution in [0.15, 0.2) is 51.4 Å². The summed E-state index contributed by atoms with van der Waals surface area (Å²) in [6, 6.07) is 9.14. The van der Waals surface area contributed by atoms with Crippen LogP contribution in [0.1, 0.15) is 20.8 Å². The van der Waals surface area contributed by atoms with E-state index in [1.54, 1.807) is 22.8 Å². The fraction of sp³-hybridized carbons (Fsp3) is 0.118. The van der Waals surface area contributed by atoms with Crippen LogP contribution in [0.3, 0.4) is 0 Å². The Balaban J connectivity index is 1.71. The molecule has 1 aromatic carbocycles. The molecule has 0 spiro atoms. The molecule has 3 N–H and O–H groups in total. The second-order valence-electron chi connectivity index (χ2n) is 5.48. The van der Waals surface area contributed by atoms with Crippen molar-refractivity contribution in [1.29, 1.82) is 0 Å². The van der Waals surface area contributed by atoms with Gasteiger partial charge < -0.3 is 10.4 Å². The van der Waals surface area contributed by atoms with Gasteiger partial charge in [0, 0.05) is 10.9 Å². The van der Waals surface area contributed by atoms with Crippen molar-refractivity contribution in [2.24, 2.45) is 0 Å². The van der Waals surface area contributed by atoms with Crippen molar-refractivity contribution in [1.82, 2.24) is 5.32 Å². The van der Waals surface area contributed by atoms with E-state index in [1.165, 1.54) is 24.3 Å². The van der Waals surface area contributed by atoms with Gasteiger partial charge in [0.2, 0.25) is 0 Å². The summed E-state index contributed by atoms with van der Waals surface area (Å²) in [6.07, 6.45) is 0. The fourth-order valence-corrected chi connectivity index (χ4v) is 5.14. The number of amides is 1. The smallest absolute Gasteiger partial charge is 0.271 e. The molecule has 0 aliphatic rings. The molecule has 0 unspecified atom stereocenters. The SMILES string of the molecule is Cc1ccsc1CNC(=O)c1ccc(NS(=O)(=O)c2cccs2)cc1O. The summed E-state index contributed by atoms with van der Waals surface area (Å²) in [7, 11) is -3.71. The van der Waals surface area contributed by atoms with E-state index >= 15 is 0 Å². The first-order chi connectivity index (χ1) is 12.4. The Kier molecular flexibility index (Phi) is 5.30. The molecule has 0 atom stereocenters. The number of rotatable bonds is 6. The monoisotopic (exact) mass is 408 g/mol. The highest BCUT2D eigenvalue weighted by Gasteiger charge is 2.17. The van der Waals surface area contributed by atoms with Gasteiger partial charge in [0.15, 0.2) is 0 Å². The fourth-order valence-electron chi connectivity index (χ4n) is 2.25. The lowest BCUT2D eigenvalue weighted by molar-refractivity contribution is 0.0948. The Morgan fingerprint density at radius 1 is 1.15 bits per heavy atom. The Hall–Kier alpha value is -2.36. The van der Waals surface area contributed by atoms with Crippen molar-refractivity contribution in [3.05, 3.63) is 63.2 Å². The lowest BCUT2D eigenvalue weighted by Crippen LogP contribution is -2.22. The van der Waals surface area contributed by atoms with E-state index in [1.807, 2.05) is 18.4 Å². The first-order valence-electron chi connectivity index (χ1n) is 7.57.